The number of rotatable bonds is 8. The molecular formula is C10H18N4O2. The van der Waals surface area contributed by atoms with Crippen molar-refractivity contribution in [3.05, 3.63) is 5.89 Å². The second-order valence-corrected chi connectivity index (χ2v) is 3.98. The Balaban J connectivity index is 1.56. The summed E-state index contributed by atoms with van der Waals surface area (Å²) in [6, 6.07) is 0.459. The van der Waals surface area contributed by atoms with Crippen LogP contribution in [-0.4, -0.2) is 37.0 Å². The molecule has 0 saturated heterocycles. The van der Waals surface area contributed by atoms with Gasteiger partial charge in [0.25, 0.3) is 0 Å². The van der Waals surface area contributed by atoms with Gasteiger partial charge in [-0.05, 0) is 25.8 Å². The lowest BCUT2D eigenvalue weighted by molar-refractivity contribution is 0.133. The summed E-state index contributed by atoms with van der Waals surface area (Å²) in [6.45, 7) is 2.86. The maximum absolute atomic E-state index is 5.47. The zero-order chi connectivity index (χ0) is 11.2. The Morgan fingerprint density at radius 2 is 2.31 bits per heavy atom. The van der Waals surface area contributed by atoms with E-state index in [1.54, 1.807) is 0 Å². The molecule has 2 N–H and O–H groups in total. The van der Waals surface area contributed by atoms with Gasteiger partial charge in [-0.25, -0.2) is 0 Å². The average molecular weight is 226 g/mol. The van der Waals surface area contributed by atoms with Gasteiger partial charge in [0, 0.05) is 13.2 Å². The molecule has 1 aromatic heterocycles. The number of ether oxygens (including phenoxy) is 1. The standard InChI is InChI=1S/C10H18N4O2/c1-11-6-9-13-14-10(16-9)12-4-5-15-7-8-2-3-8/h8,11H,2-7H2,1H3,(H,12,14). The molecule has 0 bridgehead atoms. The Kier molecular flexibility index (Phi) is 4.12. The summed E-state index contributed by atoms with van der Waals surface area (Å²) >= 11 is 0. The van der Waals surface area contributed by atoms with E-state index in [0.717, 1.165) is 12.5 Å². The molecule has 0 amide bonds. The van der Waals surface area contributed by atoms with E-state index < -0.39 is 0 Å². The molecule has 1 aromatic rings. The molecule has 1 heterocycles. The minimum Gasteiger partial charge on any atom is -0.407 e. The molecule has 0 spiro atoms. The van der Waals surface area contributed by atoms with E-state index in [1.165, 1.54) is 12.8 Å². The average Bonchev–Trinajstić information content (AvgIpc) is 2.99. The van der Waals surface area contributed by atoms with Crippen LogP contribution < -0.4 is 10.6 Å². The van der Waals surface area contributed by atoms with Crippen molar-refractivity contribution in [3.63, 3.8) is 0 Å². The van der Waals surface area contributed by atoms with E-state index in [-0.39, 0.29) is 0 Å². The van der Waals surface area contributed by atoms with Crippen LogP contribution in [0.3, 0.4) is 0 Å². The Hall–Kier alpha value is -1.14. The number of nitrogens with one attached hydrogen (secondary N) is 2. The van der Waals surface area contributed by atoms with Gasteiger partial charge in [0.2, 0.25) is 5.89 Å². The van der Waals surface area contributed by atoms with Crippen LogP contribution in [0.2, 0.25) is 0 Å². The van der Waals surface area contributed by atoms with Crippen molar-refractivity contribution < 1.29 is 9.15 Å². The van der Waals surface area contributed by atoms with Gasteiger partial charge in [-0.15, -0.1) is 5.10 Å². The summed E-state index contributed by atoms with van der Waals surface area (Å²) in [6.07, 6.45) is 2.65. The first-order chi connectivity index (χ1) is 7.88. The molecule has 0 unspecified atom stereocenters. The van der Waals surface area contributed by atoms with Crippen LogP contribution in [0.25, 0.3) is 0 Å². The van der Waals surface area contributed by atoms with Gasteiger partial charge in [-0.2, -0.15) is 0 Å². The van der Waals surface area contributed by atoms with E-state index in [4.69, 9.17) is 9.15 Å². The molecule has 6 nitrogen and oxygen atoms in total. The maximum atomic E-state index is 5.47. The summed E-state index contributed by atoms with van der Waals surface area (Å²) in [5.74, 6) is 1.40. The molecule has 6 heteroatoms. The third-order valence-electron chi connectivity index (χ3n) is 2.37. The highest BCUT2D eigenvalue weighted by Crippen LogP contribution is 2.28. The predicted octanol–water partition coefficient (Wildman–Crippen LogP) is 0.627. The number of hydrogen-bond donors (Lipinski definition) is 2. The number of anilines is 1. The fourth-order valence-electron chi connectivity index (χ4n) is 1.31. The largest absolute Gasteiger partial charge is 0.407 e. The first kappa shape index (κ1) is 11.3. The molecule has 0 radical (unpaired) electrons. The number of aromatic nitrogens is 2. The second-order valence-electron chi connectivity index (χ2n) is 3.98. The topological polar surface area (TPSA) is 72.2 Å². The quantitative estimate of drug-likeness (QED) is 0.633. The van der Waals surface area contributed by atoms with Crippen molar-refractivity contribution >= 4 is 6.01 Å². The molecule has 1 aliphatic rings. The van der Waals surface area contributed by atoms with Crippen LogP contribution in [-0.2, 0) is 11.3 Å². The highest BCUT2D eigenvalue weighted by Gasteiger charge is 2.20. The molecule has 1 aliphatic carbocycles. The Morgan fingerprint density at radius 3 is 3.06 bits per heavy atom. The predicted molar refractivity (Wildman–Crippen MR) is 59.1 cm³/mol. The van der Waals surface area contributed by atoms with Crippen molar-refractivity contribution in [2.24, 2.45) is 5.92 Å². The fourth-order valence-corrected chi connectivity index (χ4v) is 1.31. The van der Waals surface area contributed by atoms with Gasteiger partial charge in [0.15, 0.2) is 0 Å². The third kappa shape index (κ3) is 3.79. The zero-order valence-corrected chi connectivity index (χ0v) is 9.53. The summed E-state index contributed by atoms with van der Waals surface area (Å²) in [4.78, 5) is 0. The first-order valence-corrected chi connectivity index (χ1v) is 5.67. The highest BCUT2D eigenvalue weighted by atomic mass is 16.5. The number of hydrogen-bond acceptors (Lipinski definition) is 6. The van der Waals surface area contributed by atoms with Crippen LogP contribution in [0.4, 0.5) is 6.01 Å². The number of nitrogens with zero attached hydrogens (tertiary/aromatic N) is 2. The molecular weight excluding hydrogens is 208 g/mol. The zero-order valence-electron chi connectivity index (χ0n) is 9.53. The van der Waals surface area contributed by atoms with E-state index in [0.29, 0.717) is 31.6 Å². The van der Waals surface area contributed by atoms with Gasteiger partial charge in [-0.1, -0.05) is 5.10 Å². The van der Waals surface area contributed by atoms with Crippen LogP contribution in [0.1, 0.15) is 18.7 Å². The lowest BCUT2D eigenvalue weighted by atomic mass is 10.5. The van der Waals surface area contributed by atoms with Gasteiger partial charge >= 0.3 is 6.01 Å². The van der Waals surface area contributed by atoms with Crippen molar-refractivity contribution in [2.45, 2.75) is 19.4 Å². The molecule has 1 saturated carbocycles. The SMILES string of the molecule is CNCc1nnc(NCCOCC2CC2)o1. The van der Waals surface area contributed by atoms with E-state index in [9.17, 15) is 0 Å². The van der Waals surface area contributed by atoms with Gasteiger partial charge in [-0.3, -0.25) is 0 Å². The molecule has 0 aromatic carbocycles. The van der Waals surface area contributed by atoms with Crippen LogP contribution in [0, 0.1) is 5.92 Å². The Bertz CT molecular complexity index is 312. The molecule has 90 valence electrons. The van der Waals surface area contributed by atoms with Crippen molar-refractivity contribution in [1.82, 2.24) is 15.5 Å². The second kappa shape index (κ2) is 5.81. The van der Waals surface area contributed by atoms with Crippen molar-refractivity contribution in [1.29, 1.82) is 0 Å². The minimum atomic E-state index is 0.459. The Labute approximate surface area is 94.8 Å². The molecule has 0 aliphatic heterocycles. The first-order valence-electron chi connectivity index (χ1n) is 5.67. The van der Waals surface area contributed by atoms with Gasteiger partial charge in [0.05, 0.1) is 13.2 Å². The highest BCUT2D eigenvalue weighted by molar-refractivity contribution is 5.16. The molecule has 1 fully saturated rings. The summed E-state index contributed by atoms with van der Waals surface area (Å²) in [5, 5.41) is 13.7. The third-order valence-corrected chi connectivity index (χ3v) is 2.37. The summed E-state index contributed by atoms with van der Waals surface area (Å²) < 4.78 is 10.8. The Morgan fingerprint density at radius 1 is 1.44 bits per heavy atom. The van der Waals surface area contributed by atoms with Gasteiger partial charge in [0.1, 0.15) is 0 Å². The molecule has 16 heavy (non-hydrogen) atoms. The lowest BCUT2D eigenvalue weighted by Crippen LogP contribution is -2.10. The van der Waals surface area contributed by atoms with E-state index in [2.05, 4.69) is 20.8 Å². The molecule has 0 atom stereocenters. The normalized spacial score (nSPS) is 15.3. The smallest absolute Gasteiger partial charge is 0.315 e. The monoisotopic (exact) mass is 226 g/mol. The minimum absolute atomic E-state index is 0.459. The van der Waals surface area contributed by atoms with Crippen LogP contribution >= 0.6 is 0 Å². The van der Waals surface area contributed by atoms with Crippen LogP contribution in [0.15, 0.2) is 4.42 Å². The fraction of sp³-hybridized carbons (Fsp3) is 0.800. The van der Waals surface area contributed by atoms with Crippen molar-refractivity contribution in [2.75, 3.05) is 32.1 Å². The summed E-state index contributed by atoms with van der Waals surface area (Å²) in [5.41, 5.74) is 0. The van der Waals surface area contributed by atoms with Gasteiger partial charge < -0.3 is 19.8 Å². The lowest BCUT2D eigenvalue weighted by Gasteiger charge is -2.02. The van der Waals surface area contributed by atoms with E-state index >= 15 is 0 Å². The van der Waals surface area contributed by atoms with E-state index in [1.807, 2.05) is 7.05 Å². The van der Waals surface area contributed by atoms with Crippen LogP contribution in [0.5, 0.6) is 0 Å². The maximum Gasteiger partial charge on any atom is 0.315 e. The van der Waals surface area contributed by atoms with Crippen molar-refractivity contribution in [3.8, 4) is 0 Å². The molecule has 2 rings (SSSR count). The summed E-state index contributed by atoms with van der Waals surface area (Å²) in [7, 11) is 1.84.